The van der Waals surface area contributed by atoms with Gasteiger partial charge in [0.2, 0.25) is 15.9 Å². The molecule has 0 atom stereocenters. The maximum Gasteiger partial charge on any atom is 0.488 e. The van der Waals surface area contributed by atoms with E-state index in [-0.39, 0.29) is 23.3 Å². The fraction of sp³-hybridized carbons (Fsp3) is 0.0182. The van der Waals surface area contributed by atoms with E-state index in [1.165, 1.54) is 32.6 Å². The second kappa shape index (κ2) is 20.6. The van der Waals surface area contributed by atoms with Gasteiger partial charge in [-0.25, -0.2) is 4.98 Å². The van der Waals surface area contributed by atoms with Gasteiger partial charge in [-0.15, -0.1) is 0 Å². The van der Waals surface area contributed by atoms with Gasteiger partial charge in [0.1, 0.15) is 0 Å². The van der Waals surface area contributed by atoms with Crippen molar-refractivity contribution in [2.75, 3.05) is 0 Å². The summed E-state index contributed by atoms with van der Waals surface area (Å²) in [4.78, 5) is 24.9. The van der Waals surface area contributed by atoms with Gasteiger partial charge in [-0.2, -0.15) is 24.9 Å². The van der Waals surface area contributed by atoms with Gasteiger partial charge in [0.25, 0.3) is 0 Å². The van der Waals surface area contributed by atoms with Crippen LogP contribution in [0, 0.1) is 0 Å². The highest BCUT2D eigenvalue weighted by atomic mass is 35.5. The zero-order chi connectivity index (χ0) is 46.6. The molecule has 336 valence electrons. The lowest BCUT2D eigenvalue weighted by atomic mass is 9.80. The number of hydrogen-bond donors (Lipinski definition) is 2. The number of rotatable bonds is 6. The van der Waals surface area contributed by atoms with Crippen LogP contribution in [0.5, 0.6) is 0 Å². The fourth-order valence-corrected chi connectivity index (χ4v) is 8.72. The van der Waals surface area contributed by atoms with Gasteiger partial charge in [-0.05, 0) is 101 Å². The number of benzene rings is 8. The Kier molecular flexibility index (Phi) is 13.9. The van der Waals surface area contributed by atoms with E-state index in [1.54, 1.807) is 12.1 Å². The average molecular weight is 962 g/mol. The normalized spacial score (nSPS) is 10.9. The molecular formula is C55H40BCl3N8O2. The summed E-state index contributed by atoms with van der Waals surface area (Å²) in [6.45, 7) is 0. The van der Waals surface area contributed by atoms with E-state index < -0.39 is 7.12 Å². The molecule has 10 nitrogen and oxygen atoms in total. The van der Waals surface area contributed by atoms with Crippen molar-refractivity contribution in [2.24, 2.45) is 0 Å². The molecule has 4 aromatic heterocycles. The van der Waals surface area contributed by atoms with Crippen molar-refractivity contribution in [1.82, 2.24) is 39.0 Å². The van der Waals surface area contributed by atoms with Crippen LogP contribution in [-0.4, -0.2) is 56.2 Å². The van der Waals surface area contributed by atoms with E-state index in [2.05, 4.69) is 124 Å². The third-order valence-corrected chi connectivity index (χ3v) is 11.8. The molecule has 0 aliphatic rings. The first-order chi connectivity index (χ1) is 33.3. The maximum atomic E-state index is 9.24. The highest BCUT2D eigenvalue weighted by Gasteiger charge is 2.16. The molecule has 12 rings (SSSR count). The van der Waals surface area contributed by atoms with Crippen molar-refractivity contribution < 1.29 is 10.0 Å². The van der Waals surface area contributed by atoms with E-state index in [1.807, 2.05) is 109 Å². The van der Waals surface area contributed by atoms with Gasteiger partial charge in [-0.1, -0.05) is 153 Å². The van der Waals surface area contributed by atoms with E-state index >= 15 is 0 Å². The summed E-state index contributed by atoms with van der Waals surface area (Å²) in [5.74, 6) is 1.60. The van der Waals surface area contributed by atoms with E-state index in [4.69, 9.17) is 34.8 Å². The molecule has 0 unspecified atom stereocenters. The first-order valence-electron chi connectivity index (χ1n) is 21.4. The highest BCUT2D eigenvalue weighted by Crippen LogP contribution is 2.34. The van der Waals surface area contributed by atoms with Crippen molar-refractivity contribution in [1.29, 1.82) is 0 Å². The molecule has 0 radical (unpaired) electrons. The summed E-state index contributed by atoms with van der Waals surface area (Å²) in [5.41, 5.74) is 9.85. The number of aromatic nitrogens is 8. The zero-order valence-electron chi connectivity index (χ0n) is 35.8. The van der Waals surface area contributed by atoms with E-state index in [0.717, 1.165) is 39.1 Å². The molecule has 0 saturated heterocycles. The van der Waals surface area contributed by atoms with Gasteiger partial charge in [0, 0.05) is 49.6 Å². The lowest BCUT2D eigenvalue weighted by Crippen LogP contribution is -2.29. The van der Waals surface area contributed by atoms with Crippen molar-refractivity contribution >= 4 is 91.0 Å². The minimum absolute atomic E-state index is 0. The molecule has 14 heteroatoms. The van der Waals surface area contributed by atoms with Gasteiger partial charge >= 0.3 is 7.12 Å². The molecule has 8 aromatic carbocycles. The smallest absolute Gasteiger partial charge is 0.423 e. The monoisotopic (exact) mass is 960 g/mol. The standard InChI is InChI=1S/C27H17ClN4.C18H14BNO2.C9H5Cl2N3.CH4/c28-27-30-25(18-8-2-1-3-9-18)29-26(31-27)19-14-16-20(17-15-19)32-23-12-6-4-10-21(23)22-11-5-7-13-24(22)32;21-19(22)13-9-11-14(12-10-13)20-17-7-3-1-5-15(17)16-6-2-4-8-18(16)20;10-8-12-7(13-9(11)14-8)6-4-2-1-3-5-6;/h1-17H;1-12,21-22H;1-5H;1H4. The Balaban J connectivity index is 0.000000139. The maximum absolute atomic E-state index is 9.24. The summed E-state index contributed by atoms with van der Waals surface area (Å²) < 4.78 is 4.47. The van der Waals surface area contributed by atoms with Crippen LogP contribution in [0.3, 0.4) is 0 Å². The molecule has 0 bridgehead atoms. The van der Waals surface area contributed by atoms with Crippen LogP contribution in [-0.2, 0) is 0 Å². The van der Waals surface area contributed by atoms with Crippen molar-refractivity contribution in [2.45, 2.75) is 7.43 Å². The Labute approximate surface area is 412 Å². The molecule has 69 heavy (non-hydrogen) atoms. The third kappa shape index (κ3) is 9.82. The Hall–Kier alpha value is -7.77. The van der Waals surface area contributed by atoms with Gasteiger partial charge in [0.15, 0.2) is 17.5 Å². The van der Waals surface area contributed by atoms with Gasteiger partial charge in [0.05, 0.1) is 22.1 Å². The summed E-state index contributed by atoms with van der Waals surface area (Å²) >= 11 is 17.5. The topological polar surface area (TPSA) is 128 Å². The van der Waals surface area contributed by atoms with Gasteiger partial charge < -0.3 is 19.2 Å². The first-order valence-corrected chi connectivity index (χ1v) is 22.6. The SMILES string of the molecule is C.Clc1nc(-c2ccccc2)nc(-c2ccc(-n3c4ccccc4c4ccccc43)cc2)n1.Clc1nc(Cl)nc(-c2ccccc2)n1.OB(O)c1ccc(-n2c3ccccc3c3ccccc32)cc1. The van der Waals surface area contributed by atoms with E-state index in [9.17, 15) is 10.0 Å². The van der Waals surface area contributed by atoms with Gasteiger partial charge in [-0.3, -0.25) is 0 Å². The summed E-state index contributed by atoms with van der Waals surface area (Å²) in [7, 11) is -1.44. The number of nitrogens with zero attached hydrogens (tertiary/aromatic N) is 8. The van der Waals surface area contributed by atoms with Crippen LogP contribution in [0.15, 0.2) is 206 Å². The van der Waals surface area contributed by atoms with Crippen LogP contribution in [0.4, 0.5) is 0 Å². The Bertz CT molecular complexity index is 3580. The second-order valence-corrected chi connectivity index (χ2v) is 16.4. The van der Waals surface area contributed by atoms with Crippen LogP contribution in [0.25, 0.3) is 89.2 Å². The quantitative estimate of drug-likeness (QED) is 0.158. The molecule has 2 N–H and O–H groups in total. The number of halogens is 3. The predicted octanol–water partition coefficient (Wildman–Crippen LogP) is 12.9. The minimum atomic E-state index is -1.44. The van der Waals surface area contributed by atoms with Crippen molar-refractivity contribution in [3.63, 3.8) is 0 Å². The minimum Gasteiger partial charge on any atom is -0.423 e. The van der Waals surface area contributed by atoms with Crippen LogP contribution >= 0.6 is 34.8 Å². The Morgan fingerprint density at radius 1 is 0.319 bits per heavy atom. The largest absolute Gasteiger partial charge is 0.488 e. The fourth-order valence-electron chi connectivity index (χ4n) is 8.19. The highest BCUT2D eigenvalue weighted by molar-refractivity contribution is 6.58. The van der Waals surface area contributed by atoms with Crippen molar-refractivity contribution in [3.8, 4) is 45.5 Å². The molecule has 0 aliphatic carbocycles. The van der Waals surface area contributed by atoms with Crippen LogP contribution < -0.4 is 5.46 Å². The number of fused-ring (bicyclic) bond motifs is 6. The van der Waals surface area contributed by atoms with Crippen molar-refractivity contribution in [3.05, 3.63) is 222 Å². The third-order valence-electron chi connectivity index (χ3n) is 11.2. The Morgan fingerprint density at radius 3 is 0.971 bits per heavy atom. The molecule has 0 amide bonds. The molecule has 12 aromatic rings. The molecule has 0 fully saturated rings. The Morgan fingerprint density at radius 2 is 0.609 bits per heavy atom. The first kappa shape index (κ1) is 46.3. The summed E-state index contributed by atoms with van der Waals surface area (Å²) in [6.07, 6.45) is 0. The predicted molar refractivity (Wildman–Crippen MR) is 283 cm³/mol. The van der Waals surface area contributed by atoms with Crippen LogP contribution in [0.2, 0.25) is 15.9 Å². The summed E-state index contributed by atoms with van der Waals surface area (Å²) in [6, 6.07) is 68.3. The van der Waals surface area contributed by atoms with E-state index in [0.29, 0.717) is 22.9 Å². The molecule has 0 saturated carbocycles. The van der Waals surface area contributed by atoms with Crippen LogP contribution in [0.1, 0.15) is 7.43 Å². The molecule has 0 aliphatic heterocycles. The summed E-state index contributed by atoms with van der Waals surface area (Å²) in [5, 5.41) is 23.8. The molecular weight excluding hydrogens is 922 g/mol. The molecule has 4 heterocycles. The lowest BCUT2D eigenvalue weighted by Gasteiger charge is -2.09. The number of hydrogen-bond acceptors (Lipinski definition) is 8. The number of para-hydroxylation sites is 4. The second-order valence-electron chi connectivity index (χ2n) is 15.4. The molecule has 0 spiro atoms. The lowest BCUT2D eigenvalue weighted by molar-refractivity contribution is 0.426. The zero-order valence-corrected chi connectivity index (χ0v) is 38.1. The average Bonchev–Trinajstić information content (AvgIpc) is 3.90.